The van der Waals surface area contributed by atoms with Crippen molar-refractivity contribution < 1.29 is 4.74 Å². The Balaban J connectivity index is 2.02. The molecule has 1 aromatic heterocycles. The van der Waals surface area contributed by atoms with Crippen molar-refractivity contribution in [1.29, 1.82) is 0 Å². The van der Waals surface area contributed by atoms with E-state index in [1.54, 1.807) is 0 Å². The molecule has 3 heteroatoms. The highest BCUT2D eigenvalue weighted by molar-refractivity contribution is 5.09. The first-order chi connectivity index (χ1) is 9.20. The van der Waals surface area contributed by atoms with Crippen molar-refractivity contribution >= 4 is 0 Å². The first-order valence-corrected chi connectivity index (χ1v) is 7.52. The normalized spacial score (nSPS) is 26.9. The lowest BCUT2D eigenvalue weighted by Gasteiger charge is -2.32. The SMILES string of the molecule is CCC(N)C(OC1CCC(C)CC1)c1ccccn1. The zero-order valence-electron chi connectivity index (χ0n) is 12.1. The van der Waals surface area contributed by atoms with E-state index < -0.39 is 0 Å². The van der Waals surface area contributed by atoms with Gasteiger partial charge in [-0.05, 0) is 50.2 Å². The molecular weight excluding hydrogens is 236 g/mol. The summed E-state index contributed by atoms with van der Waals surface area (Å²) in [6.45, 7) is 4.43. The lowest BCUT2D eigenvalue weighted by Crippen LogP contribution is -2.34. The number of hydrogen-bond acceptors (Lipinski definition) is 3. The largest absolute Gasteiger partial charge is 0.367 e. The van der Waals surface area contributed by atoms with E-state index in [-0.39, 0.29) is 12.1 Å². The van der Waals surface area contributed by atoms with Gasteiger partial charge in [0.1, 0.15) is 6.10 Å². The van der Waals surface area contributed by atoms with E-state index >= 15 is 0 Å². The van der Waals surface area contributed by atoms with Crippen LogP contribution in [0.15, 0.2) is 24.4 Å². The molecule has 2 unspecified atom stereocenters. The highest BCUT2D eigenvalue weighted by Crippen LogP contribution is 2.30. The summed E-state index contributed by atoms with van der Waals surface area (Å²) in [5.74, 6) is 0.841. The highest BCUT2D eigenvalue weighted by Gasteiger charge is 2.26. The van der Waals surface area contributed by atoms with Gasteiger partial charge in [-0.25, -0.2) is 0 Å². The molecule has 1 fully saturated rings. The third kappa shape index (κ3) is 4.02. The Hall–Kier alpha value is -0.930. The van der Waals surface area contributed by atoms with Crippen LogP contribution >= 0.6 is 0 Å². The second-order valence-corrected chi connectivity index (χ2v) is 5.77. The molecule has 1 saturated carbocycles. The molecule has 2 rings (SSSR count). The maximum atomic E-state index is 6.29. The third-order valence-electron chi connectivity index (χ3n) is 4.14. The van der Waals surface area contributed by atoms with Gasteiger partial charge in [-0.15, -0.1) is 0 Å². The molecular formula is C16H26N2O. The number of ether oxygens (including phenoxy) is 1. The lowest BCUT2D eigenvalue weighted by molar-refractivity contribution is -0.0506. The first-order valence-electron chi connectivity index (χ1n) is 7.52. The van der Waals surface area contributed by atoms with E-state index in [4.69, 9.17) is 10.5 Å². The van der Waals surface area contributed by atoms with Crippen molar-refractivity contribution in [3.8, 4) is 0 Å². The minimum absolute atomic E-state index is 0.0225. The van der Waals surface area contributed by atoms with Gasteiger partial charge in [0.05, 0.1) is 11.8 Å². The average Bonchev–Trinajstić information content (AvgIpc) is 2.47. The summed E-state index contributed by atoms with van der Waals surface area (Å²) in [5.41, 5.74) is 7.20. The zero-order valence-corrected chi connectivity index (χ0v) is 12.1. The second-order valence-electron chi connectivity index (χ2n) is 5.77. The molecule has 0 aliphatic heterocycles. The number of pyridine rings is 1. The average molecular weight is 262 g/mol. The molecule has 0 aromatic carbocycles. The fraction of sp³-hybridized carbons (Fsp3) is 0.688. The van der Waals surface area contributed by atoms with Gasteiger partial charge in [0.15, 0.2) is 0 Å². The van der Waals surface area contributed by atoms with Crippen molar-refractivity contribution in [2.45, 2.75) is 64.2 Å². The predicted molar refractivity (Wildman–Crippen MR) is 77.7 cm³/mol. The summed E-state index contributed by atoms with van der Waals surface area (Å²) in [5, 5.41) is 0. The number of aromatic nitrogens is 1. The van der Waals surface area contributed by atoms with E-state index in [2.05, 4.69) is 18.8 Å². The monoisotopic (exact) mass is 262 g/mol. The molecule has 1 aliphatic carbocycles. The molecule has 0 saturated heterocycles. The van der Waals surface area contributed by atoms with E-state index in [1.807, 2.05) is 24.4 Å². The van der Waals surface area contributed by atoms with Crippen LogP contribution in [0, 0.1) is 5.92 Å². The van der Waals surface area contributed by atoms with Crippen molar-refractivity contribution in [2.75, 3.05) is 0 Å². The zero-order chi connectivity index (χ0) is 13.7. The van der Waals surface area contributed by atoms with Crippen LogP contribution in [0.25, 0.3) is 0 Å². The maximum Gasteiger partial charge on any atom is 0.115 e. The molecule has 2 N–H and O–H groups in total. The Bertz CT molecular complexity index is 360. The van der Waals surface area contributed by atoms with Gasteiger partial charge in [-0.3, -0.25) is 4.98 Å². The molecule has 1 heterocycles. The van der Waals surface area contributed by atoms with Crippen molar-refractivity contribution in [1.82, 2.24) is 4.98 Å². The number of hydrogen-bond donors (Lipinski definition) is 1. The van der Waals surface area contributed by atoms with E-state index in [0.29, 0.717) is 6.10 Å². The van der Waals surface area contributed by atoms with Crippen LogP contribution in [0.5, 0.6) is 0 Å². The summed E-state index contributed by atoms with van der Waals surface area (Å²) in [4.78, 5) is 4.42. The van der Waals surface area contributed by atoms with Crippen LogP contribution < -0.4 is 5.73 Å². The van der Waals surface area contributed by atoms with Crippen molar-refractivity contribution in [3.05, 3.63) is 30.1 Å². The predicted octanol–water partition coefficient (Wildman–Crippen LogP) is 3.46. The first kappa shape index (κ1) is 14.5. The molecule has 106 valence electrons. The fourth-order valence-corrected chi connectivity index (χ4v) is 2.72. The minimum Gasteiger partial charge on any atom is -0.367 e. The third-order valence-corrected chi connectivity index (χ3v) is 4.14. The standard InChI is InChI=1S/C16H26N2O/c1-3-14(17)16(15-6-4-5-11-18-15)19-13-9-7-12(2)8-10-13/h4-6,11-14,16H,3,7-10,17H2,1-2H3. The van der Waals surface area contributed by atoms with Gasteiger partial charge in [0.25, 0.3) is 0 Å². The van der Waals surface area contributed by atoms with Gasteiger partial charge in [0, 0.05) is 12.2 Å². The van der Waals surface area contributed by atoms with Gasteiger partial charge in [-0.1, -0.05) is 19.9 Å². The van der Waals surface area contributed by atoms with E-state index in [0.717, 1.165) is 30.9 Å². The Morgan fingerprint density at radius 2 is 2.05 bits per heavy atom. The second kappa shape index (κ2) is 7.01. The molecule has 1 aromatic rings. The van der Waals surface area contributed by atoms with Crippen LogP contribution in [-0.4, -0.2) is 17.1 Å². The molecule has 2 atom stereocenters. The molecule has 1 aliphatic rings. The van der Waals surface area contributed by atoms with E-state index in [9.17, 15) is 0 Å². The summed E-state index contributed by atoms with van der Waals surface area (Å²) >= 11 is 0. The fourth-order valence-electron chi connectivity index (χ4n) is 2.72. The molecule has 0 radical (unpaired) electrons. The molecule has 0 spiro atoms. The van der Waals surface area contributed by atoms with Gasteiger partial charge in [0.2, 0.25) is 0 Å². The van der Waals surface area contributed by atoms with Crippen LogP contribution in [0.1, 0.15) is 57.7 Å². The van der Waals surface area contributed by atoms with Crippen molar-refractivity contribution in [3.63, 3.8) is 0 Å². The Morgan fingerprint density at radius 3 is 2.63 bits per heavy atom. The maximum absolute atomic E-state index is 6.29. The van der Waals surface area contributed by atoms with E-state index in [1.165, 1.54) is 12.8 Å². The van der Waals surface area contributed by atoms with Gasteiger partial charge < -0.3 is 10.5 Å². The number of rotatable bonds is 5. The summed E-state index contributed by atoms with van der Waals surface area (Å²) in [7, 11) is 0. The van der Waals surface area contributed by atoms with Crippen LogP contribution in [0.3, 0.4) is 0 Å². The highest BCUT2D eigenvalue weighted by atomic mass is 16.5. The molecule has 0 bridgehead atoms. The summed E-state index contributed by atoms with van der Waals surface area (Å²) in [6, 6.07) is 5.98. The Morgan fingerprint density at radius 1 is 1.32 bits per heavy atom. The van der Waals surface area contributed by atoms with Gasteiger partial charge >= 0.3 is 0 Å². The van der Waals surface area contributed by atoms with Crippen LogP contribution in [-0.2, 0) is 4.74 Å². The Labute approximate surface area is 116 Å². The number of nitrogens with two attached hydrogens (primary N) is 1. The minimum atomic E-state index is -0.0652. The lowest BCUT2D eigenvalue weighted by atomic mass is 9.88. The summed E-state index contributed by atoms with van der Waals surface area (Å²) in [6.07, 6.45) is 7.84. The Kier molecular flexibility index (Phi) is 5.34. The number of nitrogens with zero attached hydrogens (tertiary/aromatic N) is 1. The van der Waals surface area contributed by atoms with Crippen molar-refractivity contribution in [2.24, 2.45) is 11.7 Å². The quantitative estimate of drug-likeness (QED) is 0.884. The topological polar surface area (TPSA) is 48.1 Å². The molecule has 0 amide bonds. The smallest absolute Gasteiger partial charge is 0.115 e. The summed E-state index contributed by atoms with van der Waals surface area (Å²) < 4.78 is 6.29. The molecule has 3 nitrogen and oxygen atoms in total. The van der Waals surface area contributed by atoms with Gasteiger partial charge in [-0.2, -0.15) is 0 Å². The van der Waals surface area contributed by atoms with Crippen LogP contribution in [0.2, 0.25) is 0 Å². The van der Waals surface area contributed by atoms with Crippen LogP contribution in [0.4, 0.5) is 0 Å². The molecule has 19 heavy (non-hydrogen) atoms.